The summed E-state index contributed by atoms with van der Waals surface area (Å²) in [5.74, 6) is -0.163. The molecule has 0 saturated carbocycles. The third-order valence-electron chi connectivity index (χ3n) is 3.90. The van der Waals surface area contributed by atoms with E-state index in [1.807, 2.05) is 54.6 Å². The molecule has 1 amide bonds. The minimum absolute atomic E-state index is 0.163. The van der Waals surface area contributed by atoms with Crippen molar-refractivity contribution in [3.8, 4) is 0 Å². The summed E-state index contributed by atoms with van der Waals surface area (Å²) in [5, 5.41) is 2.88. The molecule has 2 aromatic rings. The van der Waals surface area contributed by atoms with Crippen LogP contribution in [0.5, 0.6) is 0 Å². The number of amides is 1. The van der Waals surface area contributed by atoms with Gasteiger partial charge in [0.2, 0.25) is 5.91 Å². The second-order valence-corrected chi connectivity index (χ2v) is 5.50. The Bertz CT molecular complexity index is 606. The van der Waals surface area contributed by atoms with Crippen molar-refractivity contribution >= 4 is 17.3 Å². The SMILES string of the molecule is CCN(CC)c1ccc(NC(=O)[C@@H](N)Cc2ccccc2)cc1. The second kappa shape index (κ2) is 8.34. The summed E-state index contributed by atoms with van der Waals surface area (Å²) >= 11 is 0. The normalized spacial score (nSPS) is 11.8. The van der Waals surface area contributed by atoms with E-state index in [4.69, 9.17) is 5.73 Å². The van der Waals surface area contributed by atoms with Crippen molar-refractivity contribution in [3.63, 3.8) is 0 Å². The quantitative estimate of drug-likeness (QED) is 0.826. The van der Waals surface area contributed by atoms with E-state index in [1.54, 1.807) is 0 Å². The topological polar surface area (TPSA) is 58.4 Å². The van der Waals surface area contributed by atoms with Gasteiger partial charge in [-0.1, -0.05) is 30.3 Å². The highest BCUT2D eigenvalue weighted by Crippen LogP contribution is 2.18. The Morgan fingerprint density at radius 2 is 1.65 bits per heavy atom. The molecule has 0 aliphatic heterocycles. The summed E-state index contributed by atoms with van der Waals surface area (Å²) < 4.78 is 0. The monoisotopic (exact) mass is 311 g/mol. The summed E-state index contributed by atoms with van der Waals surface area (Å²) in [6.45, 7) is 6.18. The summed E-state index contributed by atoms with van der Waals surface area (Å²) in [6, 6.07) is 17.1. The van der Waals surface area contributed by atoms with Crippen molar-refractivity contribution in [2.75, 3.05) is 23.3 Å². The maximum Gasteiger partial charge on any atom is 0.241 e. The maximum absolute atomic E-state index is 12.2. The van der Waals surface area contributed by atoms with Gasteiger partial charge in [-0.25, -0.2) is 0 Å². The lowest BCUT2D eigenvalue weighted by Gasteiger charge is -2.21. The number of nitrogens with two attached hydrogens (primary N) is 1. The van der Waals surface area contributed by atoms with Crippen LogP contribution in [0.4, 0.5) is 11.4 Å². The molecule has 0 aromatic heterocycles. The minimum atomic E-state index is -0.556. The van der Waals surface area contributed by atoms with Gasteiger partial charge in [0.05, 0.1) is 6.04 Å². The van der Waals surface area contributed by atoms with Gasteiger partial charge in [0, 0.05) is 24.5 Å². The molecule has 0 unspecified atom stereocenters. The summed E-state index contributed by atoms with van der Waals surface area (Å²) in [5.41, 5.74) is 8.99. The van der Waals surface area contributed by atoms with Crippen LogP contribution in [0, 0.1) is 0 Å². The van der Waals surface area contributed by atoms with Crippen LogP contribution in [0.15, 0.2) is 54.6 Å². The fourth-order valence-corrected chi connectivity index (χ4v) is 2.54. The Labute approximate surface area is 138 Å². The molecule has 2 aromatic carbocycles. The first-order chi connectivity index (χ1) is 11.1. The van der Waals surface area contributed by atoms with E-state index < -0.39 is 6.04 Å². The number of rotatable bonds is 7. The van der Waals surface area contributed by atoms with Crippen LogP contribution in [0.2, 0.25) is 0 Å². The number of nitrogens with zero attached hydrogens (tertiary/aromatic N) is 1. The van der Waals surface area contributed by atoms with Gasteiger partial charge < -0.3 is 16.0 Å². The molecule has 0 radical (unpaired) electrons. The highest BCUT2D eigenvalue weighted by atomic mass is 16.2. The van der Waals surface area contributed by atoms with Gasteiger partial charge >= 0.3 is 0 Å². The number of hydrogen-bond acceptors (Lipinski definition) is 3. The van der Waals surface area contributed by atoms with Crippen LogP contribution in [0.3, 0.4) is 0 Å². The molecule has 4 nitrogen and oxygen atoms in total. The number of benzene rings is 2. The van der Waals surface area contributed by atoms with Crippen molar-refractivity contribution in [1.82, 2.24) is 0 Å². The number of carbonyl (C=O) groups is 1. The second-order valence-electron chi connectivity index (χ2n) is 5.50. The molecule has 0 spiro atoms. The zero-order chi connectivity index (χ0) is 16.7. The Morgan fingerprint density at radius 3 is 2.22 bits per heavy atom. The van der Waals surface area contributed by atoms with Crippen LogP contribution in [-0.4, -0.2) is 25.0 Å². The summed E-state index contributed by atoms with van der Waals surface area (Å²) in [4.78, 5) is 14.5. The Morgan fingerprint density at radius 1 is 1.04 bits per heavy atom. The third-order valence-corrected chi connectivity index (χ3v) is 3.90. The first-order valence-corrected chi connectivity index (χ1v) is 8.09. The predicted molar refractivity (Wildman–Crippen MR) is 96.8 cm³/mol. The predicted octanol–water partition coefficient (Wildman–Crippen LogP) is 3.04. The van der Waals surface area contributed by atoms with Gasteiger partial charge in [0.15, 0.2) is 0 Å². The van der Waals surface area contributed by atoms with Gasteiger partial charge in [0.25, 0.3) is 0 Å². The number of anilines is 2. The van der Waals surface area contributed by atoms with Gasteiger partial charge in [-0.05, 0) is 50.1 Å². The van der Waals surface area contributed by atoms with Crippen LogP contribution >= 0.6 is 0 Å². The molecule has 0 heterocycles. The van der Waals surface area contributed by atoms with Crippen molar-refractivity contribution < 1.29 is 4.79 Å². The maximum atomic E-state index is 12.2. The largest absolute Gasteiger partial charge is 0.372 e. The van der Waals surface area contributed by atoms with Crippen molar-refractivity contribution in [3.05, 3.63) is 60.2 Å². The van der Waals surface area contributed by atoms with E-state index in [0.29, 0.717) is 6.42 Å². The number of hydrogen-bond donors (Lipinski definition) is 2. The lowest BCUT2D eigenvalue weighted by Crippen LogP contribution is -2.37. The number of carbonyl (C=O) groups excluding carboxylic acids is 1. The molecule has 0 bridgehead atoms. The minimum Gasteiger partial charge on any atom is -0.372 e. The van der Waals surface area contributed by atoms with Crippen LogP contribution in [0.25, 0.3) is 0 Å². The van der Waals surface area contributed by atoms with E-state index in [-0.39, 0.29) is 5.91 Å². The van der Waals surface area contributed by atoms with Gasteiger partial charge in [-0.2, -0.15) is 0 Å². The molecule has 0 aliphatic carbocycles. The molecule has 122 valence electrons. The van der Waals surface area contributed by atoms with E-state index in [0.717, 1.165) is 30.0 Å². The van der Waals surface area contributed by atoms with E-state index >= 15 is 0 Å². The molecule has 0 saturated heterocycles. The zero-order valence-electron chi connectivity index (χ0n) is 13.8. The van der Waals surface area contributed by atoms with E-state index in [1.165, 1.54) is 0 Å². The molecule has 3 N–H and O–H groups in total. The first-order valence-electron chi connectivity index (χ1n) is 8.09. The standard InChI is InChI=1S/C19H25N3O/c1-3-22(4-2)17-12-10-16(11-13-17)21-19(23)18(20)14-15-8-6-5-7-9-15/h5-13,18H,3-4,14,20H2,1-2H3,(H,21,23)/t18-/m0/s1. The first kappa shape index (κ1) is 17.0. The Kier molecular flexibility index (Phi) is 6.18. The third kappa shape index (κ3) is 4.83. The van der Waals surface area contributed by atoms with E-state index in [9.17, 15) is 4.79 Å². The van der Waals surface area contributed by atoms with Crippen molar-refractivity contribution in [1.29, 1.82) is 0 Å². The molecule has 23 heavy (non-hydrogen) atoms. The fraction of sp³-hybridized carbons (Fsp3) is 0.316. The molecule has 2 rings (SSSR count). The molecule has 0 aliphatic rings. The van der Waals surface area contributed by atoms with Crippen LogP contribution < -0.4 is 16.0 Å². The molecule has 1 atom stereocenters. The lowest BCUT2D eigenvalue weighted by atomic mass is 10.1. The Hall–Kier alpha value is -2.33. The van der Waals surface area contributed by atoms with Crippen LogP contribution in [0.1, 0.15) is 19.4 Å². The highest BCUT2D eigenvalue weighted by molar-refractivity contribution is 5.95. The van der Waals surface area contributed by atoms with Gasteiger partial charge in [0.1, 0.15) is 0 Å². The van der Waals surface area contributed by atoms with Crippen molar-refractivity contribution in [2.24, 2.45) is 5.73 Å². The van der Waals surface area contributed by atoms with Crippen molar-refractivity contribution in [2.45, 2.75) is 26.3 Å². The average molecular weight is 311 g/mol. The van der Waals surface area contributed by atoms with E-state index in [2.05, 4.69) is 24.1 Å². The summed E-state index contributed by atoms with van der Waals surface area (Å²) in [7, 11) is 0. The molecule has 0 fully saturated rings. The number of nitrogens with one attached hydrogen (secondary N) is 1. The highest BCUT2D eigenvalue weighted by Gasteiger charge is 2.14. The molecule has 4 heteroatoms. The smallest absolute Gasteiger partial charge is 0.241 e. The van der Waals surface area contributed by atoms with Gasteiger partial charge in [-0.3, -0.25) is 4.79 Å². The van der Waals surface area contributed by atoms with Crippen LogP contribution in [-0.2, 0) is 11.2 Å². The average Bonchev–Trinajstić information content (AvgIpc) is 2.58. The lowest BCUT2D eigenvalue weighted by molar-refractivity contribution is -0.117. The fourth-order valence-electron chi connectivity index (χ4n) is 2.54. The zero-order valence-corrected chi connectivity index (χ0v) is 13.8. The Balaban J connectivity index is 1.94. The summed E-state index contributed by atoms with van der Waals surface area (Å²) in [6.07, 6.45) is 0.532. The molecular weight excluding hydrogens is 286 g/mol. The molecular formula is C19H25N3O. The van der Waals surface area contributed by atoms with Gasteiger partial charge in [-0.15, -0.1) is 0 Å².